The Bertz CT molecular complexity index is 718. The third-order valence-electron chi connectivity index (χ3n) is 3.51. The van der Waals surface area contributed by atoms with Crippen LogP contribution in [-0.2, 0) is 4.79 Å². The van der Waals surface area contributed by atoms with Crippen molar-refractivity contribution in [2.24, 2.45) is 0 Å². The van der Waals surface area contributed by atoms with Crippen molar-refractivity contribution in [2.45, 2.75) is 30.9 Å². The third-order valence-corrected chi connectivity index (χ3v) is 5.19. The second-order valence-electron chi connectivity index (χ2n) is 5.32. The number of ether oxygens (including phenoxy) is 1. The van der Waals surface area contributed by atoms with Crippen LogP contribution in [0.2, 0.25) is 5.02 Å². The molecule has 1 unspecified atom stereocenters. The monoisotopic (exact) mass is 349 g/mol. The Labute approximate surface area is 146 Å². The van der Waals surface area contributed by atoms with Gasteiger partial charge in [-0.1, -0.05) is 29.8 Å². The first kappa shape index (κ1) is 17.7. The zero-order chi connectivity index (χ0) is 17.0. The lowest BCUT2D eigenvalue weighted by Crippen LogP contribution is -2.22. The lowest BCUT2D eigenvalue weighted by molar-refractivity contribution is -0.115. The number of aryl methyl sites for hydroxylation is 2. The fourth-order valence-corrected chi connectivity index (χ4v) is 3.21. The van der Waals surface area contributed by atoms with Crippen LogP contribution >= 0.6 is 23.4 Å². The van der Waals surface area contributed by atoms with Crippen molar-refractivity contribution in [2.75, 3.05) is 12.4 Å². The van der Waals surface area contributed by atoms with Crippen molar-refractivity contribution >= 4 is 35.0 Å². The summed E-state index contributed by atoms with van der Waals surface area (Å²) >= 11 is 7.63. The molecule has 0 heterocycles. The molecule has 1 atom stereocenters. The Morgan fingerprint density at radius 3 is 2.57 bits per heavy atom. The molecule has 0 aliphatic carbocycles. The van der Waals surface area contributed by atoms with E-state index < -0.39 is 0 Å². The summed E-state index contributed by atoms with van der Waals surface area (Å²) in [5.41, 5.74) is 2.69. The highest BCUT2D eigenvalue weighted by Crippen LogP contribution is 2.32. The third kappa shape index (κ3) is 4.43. The molecular formula is C18H20ClNO2S. The minimum atomic E-state index is -0.225. The molecule has 2 aromatic rings. The number of halogens is 1. The summed E-state index contributed by atoms with van der Waals surface area (Å²) in [4.78, 5) is 13.6. The lowest BCUT2D eigenvalue weighted by atomic mass is 10.2. The molecule has 0 fully saturated rings. The van der Waals surface area contributed by atoms with E-state index >= 15 is 0 Å². The van der Waals surface area contributed by atoms with Crippen LogP contribution in [0, 0.1) is 13.8 Å². The molecule has 0 aliphatic rings. The topological polar surface area (TPSA) is 38.3 Å². The molecule has 0 aliphatic heterocycles. The first-order valence-corrected chi connectivity index (χ1v) is 8.55. The first-order valence-electron chi connectivity index (χ1n) is 7.29. The molecule has 2 aromatic carbocycles. The van der Waals surface area contributed by atoms with Gasteiger partial charge in [0, 0.05) is 16.0 Å². The predicted octanol–water partition coefficient (Wildman–Crippen LogP) is 5.08. The van der Waals surface area contributed by atoms with Crippen molar-refractivity contribution in [3.63, 3.8) is 0 Å². The molecule has 122 valence electrons. The maximum atomic E-state index is 12.5. The van der Waals surface area contributed by atoms with Gasteiger partial charge in [-0.3, -0.25) is 4.79 Å². The van der Waals surface area contributed by atoms with E-state index in [0.29, 0.717) is 16.5 Å². The number of methoxy groups -OCH3 is 1. The summed E-state index contributed by atoms with van der Waals surface area (Å²) in [6, 6.07) is 11.6. The summed E-state index contributed by atoms with van der Waals surface area (Å²) in [5, 5.41) is 3.31. The fraction of sp³-hybridized carbons (Fsp3) is 0.278. The van der Waals surface area contributed by atoms with Gasteiger partial charge in [0.05, 0.1) is 18.0 Å². The zero-order valence-corrected chi connectivity index (χ0v) is 15.2. The Hall–Kier alpha value is -1.65. The minimum Gasteiger partial charge on any atom is -0.495 e. The standard InChI is InChI=1S/C18H20ClNO2S/c1-11-7-5-6-8-17(11)23-13(3)18(21)20-15-9-12(2)14(19)10-16(15)22-4/h5-10,13H,1-4H3,(H,20,21). The van der Waals surface area contributed by atoms with Crippen molar-refractivity contribution in [3.05, 3.63) is 52.5 Å². The zero-order valence-electron chi connectivity index (χ0n) is 13.6. The minimum absolute atomic E-state index is 0.0710. The van der Waals surface area contributed by atoms with Crippen molar-refractivity contribution < 1.29 is 9.53 Å². The Kier molecular flexibility index (Phi) is 5.97. The SMILES string of the molecule is COc1cc(Cl)c(C)cc1NC(=O)C(C)Sc1ccccc1C. The molecule has 0 aromatic heterocycles. The summed E-state index contributed by atoms with van der Waals surface area (Å²) in [6.45, 7) is 5.82. The van der Waals surface area contributed by atoms with E-state index in [1.807, 2.05) is 51.1 Å². The average molecular weight is 350 g/mol. The molecule has 0 spiro atoms. The number of carbonyl (C=O) groups is 1. The number of rotatable bonds is 5. The predicted molar refractivity (Wildman–Crippen MR) is 97.9 cm³/mol. The van der Waals surface area contributed by atoms with Gasteiger partial charge < -0.3 is 10.1 Å². The summed E-state index contributed by atoms with van der Waals surface area (Å²) in [7, 11) is 1.56. The van der Waals surface area contributed by atoms with Crippen LogP contribution < -0.4 is 10.1 Å². The van der Waals surface area contributed by atoms with Gasteiger partial charge in [-0.05, 0) is 44.0 Å². The average Bonchev–Trinajstić information content (AvgIpc) is 2.52. The largest absolute Gasteiger partial charge is 0.495 e. The number of hydrogen-bond acceptors (Lipinski definition) is 3. The van der Waals surface area contributed by atoms with E-state index in [1.165, 1.54) is 11.8 Å². The second kappa shape index (κ2) is 7.75. The normalized spacial score (nSPS) is 11.9. The van der Waals surface area contributed by atoms with Crippen molar-refractivity contribution in [3.8, 4) is 5.75 Å². The number of carbonyl (C=O) groups excluding carboxylic acids is 1. The van der Waals surface area contributed by atoms with Gasteiger partial charge in [0.15, 0.2) is 0 Å². The molecule has 1 amide bonds. The molecule has 0 radical (unpaired) electrons. The maximum absolute atomic E-state index is 12.5. The van der Waals surface area contributed by atoms with Crippen LogP contribution in [0.1, 0.15) is 18.1 Å². The van der Waals surface area contributed by atoms with E-state index in [0.717, 1.165) is 16.0 Å². The van der Waals surface area contributed by atoms with E-state index in [9.17, 15) is 4.79 Å². The van der Waals surface area contributed by atoms with Crippen LogP contribution in [0.3, 0.4) is 0 Å². The van der Waals surface area contributed by atoms with E-state index in [4.69, 9.17) is 16.3 Å². The maximum Gasteiger partial charge on any atom is 0.237 e. The lowest BCUT2D eigenvalue weighted by Gasteiger charge is -2.16. The molecule has 0 saturated heterocycles. The van der Waals surface area contributed by atoms with Gasteiger partial charge in [0.1, 0.15) is 5.75 Å². The van der Waals surface area contributed by atoms with Crippen LogP contribution in [-0.4, -0.2) is 18.3 Å². The van der Waals surface area contributed by atoms with Gasteiger partial charge >= 0.3 is 0 Å². The number of nitrogens with one attached hydrogen (secondary N) is 1. The van der Waals surface area contributed by atoms with E-state index in [2.05, 4.69) is 5.32 Å². The van der Waals surface area contributed by atoms with Crippen LogP contribution in [0.5, 0.6) is 5.75 Å². The van der Waals surface area contributed by atoms with Gasteiger partial charge in [-0.2, -0.15) is 0 Å². The van der Waals surface area contributed by atoms with Crippen LogP contribution in [0.4, 0.5) is 5.69 Å². The Morgan fingerprint density at radius 1 is 1.22 bits per heavy atom. The van der Waals surface area contributed by atoms with E-state index in [1.54, 1.807) is 13.2 Å². The smallest absolute Gasteiger partial charge is 0.237 e. The fourth-order valence-electron chi connectivity index (χ4n) is 2.10. The summed E-state index contributed by atoms with van der Waals surface area (Å²) < 4.78 is 5.29. The first-order chi connectivity index (χ1) is 10.9. The van der Waals surface area contributed by atoms with Gasteiger partial charge in [0.25, 0.3) is 0 Å². The second-order valence-corrected chi connectivity index (χ2v) is 7.11. The Morgan fingerprint density at radius 2 is 1.91 bits per heavy atom. The number of hydrogen-bond donors (Lipinski definition) is 1. The molecule has 23 heavy (non-hydrogen) atoms. The molecule has 0 saturated carbocycles. The molecule has 5 heteroatoms. The molecule has 2 rings (SSSR count). The highest BCUT2D eigenvalue weighted by molar-refractivity contribution is 8.00. The highest BCUT2D eigenvalue weighted by atomic mass is 35.5. The van der Waals surface area contributed by atoms with Crippen LogP contribution in [0.25, 0.3) is 0 Å². The molecule has 1 N–H and O–H groups in total. The number of amides is 1. The number of thioether (sulfide) groups is 1. The molecule has 0 bridgehead atoms. The number of benzene rings is 2. The van der Waals surface area contributed by atoms with Gasteiger partial charge in [-0.25, -0.2) is 0 Å². The molecule has 3 nitrogen and oxygen atoms in total. The summed E-state index contributed by atoms with van der Waals surface area (Å²) in [6.07, 6.45) is 0. The van der Waals surface area contributed by atoms with Crippen molar-refractivity contribution in [1.82, 2.24) is 0 Å². The summed E-state index contributed by atoms with van der Waals surface area (Å²) in [5.74, 6) is 0.486. The highest BCUT2D eigenvalue weighted by Gasteiger charge is 2.17. The van der Waals surface area contributed by atoms with Gasteiger partial charge in [-0.15, -0.1) is 11.8 Å². The van der Waals surface area contributed by atoms with Crippen molar-refractivity contribution in [1.29, 1.82) is 0 Å². The molecular weight excluding hydrogens is 330 g/mol. The number of anilines is 1. The Balaban J connectivity index is 2.12. The van der Waals surface area contributed by atoms with Crippen LogP contribution in [0.15, 0.2) is 41.3 Å². The van der Waals surface area contributed by atoms with E-state index in [-0.39, 0.29) is 11.2 Å². The quantitative estimate of drug-likeness (QED) is 0.764. The van der Waals surface area contributed by atoms with Gasteiger partial charge in [0.2, 0.25) is 5.91 Å².